The van der Waals surface area contributed by atoms with E-state index in [-0.39, 0.29) is 0 Å². The van der Waals surface area contributed by atoms with E-state index in [9.17, 15) is 0 Å². The maximum atomic E-state index is 2.53. The van der Waals surface area contributed by atoms with E-state index in [0.717, 1.165) is 5.92 Å². The first kappa shape index (κ1) is 14.0. The van der Waals surface area contributed by atoms with Crippen LogP contribution >= 0.6 is 0 Å². The van der Waals surface area contributed by atoms with E-state index in [1.165, 1.54) is 38.5 Å². The van der Waals surface area contributed by atoms with Crippen molar-refractivity contribution in [2.45, 2.75) is 73.1 Å². The van der Waals surface area contributed by atoms with Gasteiger partial charge in [0.15, 0.2) is 0 Å². The molecule has 0 rings (SSSR count). The summed E-state index contributed by atoms with van der Waals surface area (Å²) >= 11 is 0. The second-order valence-corrected chi connectivity index (χ2v) is 5.41. The second kappa shape index (κ2) is 7.31. The van der Waals surface area contributed by atoms with Gasteiger partial charge in [0.2, 0.25) is 0 Å². The van der Waals surface area contributed by atoms with Crippen LogP contribution in [0.4, 0.5) is 0 Å². The minimum Gasteiger partial charge on any atom is -0.0654 e. The zero-order valence-corrected chi connectivity index (χ0v) is 10.9. The summed E-state index contributed by atoms with van der Waals surface area (Å²) < 4.78 is 0. The zero-order chi connectivity index (χ0) is 11.0. The Morgan fingerprint density at radius 2 is 1.71 bits per heavy atom. The quantitative estimate of drug-likeness (QED) is 0.499. The summed E-state index contributed by atoms with van der Waals surface area (Å²) in [5.41, 5.74) is 0.459. The molecule has 0 aromatic heterocycles. The molecule has 0 aliphatic carbocycles. The van der Waals surface area contributed by atoms with E-state index in [0.29, 0.717) is 5.41 Å². The first-order valence-electron chi connectivity index (χ1n) is 6.36. The third-order valence-electron chi connectivity index (χ3n) is 3.03. The Balaban J connectivity index is 3.51. The van der Waals surface area contributed by atoms with Crippen LogP contribution in [-0.4, -0.2) is 0 Å². The molecule has 0 bridgehead atoms. The maximum absolute atomic E-state index is 2.53. The van der Waals surface area contributed by atoms with Crippen molar-refractivity contribution in [2.24, 2.45) is 11.3 Å². The monoisotopic (exact) mass is 197 g/mol. The predicted octanol–water partition coefficient (Wildman–Crippen LogP) is 5.23. The molecule has 1 unspecified atom stereocenters. The molecule has 85 valence electrons. The van der Waals surface area contributed by atoms with Gasteiger partial charge in [0.25, 0.3) is 0 Å². The first-order valence-corrected chi connectivity index (χ1v) is 6.36. The lowest BCUT2D eigenvalue weighted by Gasteiger charge is -2.24. The molecular formula is C14H29. The molecule has 0 saturated carbocycles. The first-order chi connectivity index (χ1) is 6.52. The van der Waals surface area contributed by atoms with E-state index >= 15 is 0 Å². The van der Waals surface area contributed by atoms with Crippen molar-refractivity contribution in [3.05, 3.63) is 6.42 Å². The third kappa shape index (κ3) is 7.41. The van der Waals surface area contributed by atoms with Crippen molar-refractivity contribution in [1.29, 1.82) is 0 Å². The van der Waals surface area contributed by atoms with Gasteiger partial charge >= 0.3 is 0 Å². The standard InChI is InChI=1S/C14H29/c1-6-9-13(3)10-8-12-14(4,5)11-7-2/h12-13H,6-11H2,1-5H3. The Hall–Kier alpha value is 0. The van der Waals surface area contributed by atoms with Crippen molar-refractivity contribution >= 4 is 0 Å². The molecule has 0 saturated heterocycles. The minimum absolute atomic E-state index is 0.459. The van der Waals surface area contributed by atoms with Crippen LogP contribution in [0.25, 0.3) is 0 Å². The Bertz CT molecular complexity index is 124. The van der Waals surface area contributed by atoms with Gasteiger partial charge in [-0.15, -0.1) is 0 Å². The molecule has 0 aromatic carbocycles. The topological polar surface area (TPSA) is 0 Å². The normalized spacial score (nSPS) is 14.4. The Morgan fingerprint density at radius 3 is 2.21 bits per heavy atom. The molecule has 0 amide bonds. The van der Waals surface area contributed by atoms with Crippen molar-refractivity contribution in [3.8, 4) is 0 Å². The highest BCUT2D eigenvalue weighted by Gasteiger charge is 2.16. The van der Waals surface area contributed by atoms with Gasteiger partial charge in [0.05, 0.1) is 0 Å². The van der Waals surface area contributed by atoms with Crippen molar-refractivity contribution in [3.63, 3.8) is 0 Å². The maximum Gasteiger partial charge on any atom is -0.0323 e. The van der Waals surface area contributed by atoms with Gasteiger partial charge in [0, 0.05) is 0 Å². The number of hydrogen-bond acceptors (Lipinski definition) is 0. The van der Waals surface area contributed by atoms with Crippen LogP contribution in [-0.2, 0) is 0 Å². The van der Waals surface area contributed by atoms with Crippen LogP contribution in [0.3, 0.4) is 0 Å². The highest BCUT2D eigenvalue weighted by Crippen LogP contribution is 2.28. The van der Waals surface area contributed by atoms with Crippen LogP contribution in [0.15, 0.2) is 0 Å². The Labute approximate surface area is 91.5 Å². The van der Waals surface area contributed by atoms with Crippen LogP contribution in [0.1, 0.15) is 73.1 Å². The Kier molecular flexibility index (Phi) is 7.31. The van der Waals surface area contributed by atoms with Crippen LogP contribution in [0.5, 0.6) is 0 Å². The molecular weight excluding hydrogens is 168 g/mol. The van der Waals surface area contributed by atoms with Gasteiger partial charge in [-0.1, -0.05) is 60.3 Å². The van der Waals surface area contributed by atoms with Gasteiger partial charge < -0.3 is 0 Å². The van der Waals surface area contributed by atoms with Gasteiger partial charge in [-0.05, 0) is 30.6 Å². The van der Waals surface area contributed by atoms with Crippen LogP contribution in [0, 0.1) is 17.8 Å². The molecule has 0 nitrogen and oxygen atoms in total. The largest absolute Gasteiger partial charge is 0.0654 e. The van der Waals surface area contributed by atoms with Gasteiger partial charge in [-0.2, -0.15) is 0 Å². The summed E-state index contributed by atoms with van der Waals surface area (Å²) in [5.74, 6) is 0.911. The van der Waals surface area contributed by atoms with E-state index < -0.39 is 0 Å². The lowest BCUT2D eigenvalue weighted by atomic mass is 9.82. The molecule has 0 heterocycles. The molecule has 14 heavy (non-hydrogen) atoms. The third-order valence-corrected chi connectivity index (χ3v) is 3.03. The zero-order valence-electron chi connectivity index (χ0n) is 10.9. The summed E-state index contributed by atoms with van der Waals surface area (Å²) in [6, 6.07) is 0. The fourth-order valence-corrected chi connectivity index (χ4v) is 2.14. The Morgan fingerprint density at radius 1 is 1.07 bits per heavy atom. The molecule has 0 aliphatic heterocycles. The summed E-state index contributed by atoms with van der Waals surface area (Å²) in [7, 11) is 0. The van der Waals surface area contributed by atoms with Crippen molar-refractivity contribution < 1.29 is 0 Å². The van der Waals surface area contributed by atoms with E-state index in [1.54, 1.807) is 0 Å². The molecule has 1 radical (unpaired) electrons. The fraction of sp³-hybridized carbons (Fsp3) is 0.929. The van der Waals surface area contributed by atoms with E-state index in [4.69, 9.17) is 0 Å². The number of hydrogen-bond donors (Lipinski definition) is 0. The van der Waals surface area contributed by atoms with Crippen LogP contribution in [0.2, 0.25) is 0 Å². The predicted molar refractivity (Wildman–Crippen MR) is 66.3 cm³/mol. The molecule has 0 N–H and O–H groups in total. The molecule has 0 fully saturated rings. The average molecular weight is 197 g/mol. The second-order valence-electron chi connectivity index (χ2n) is 5.41. The molecule has 0 heteroatoms. The highest BCUT2D eigenvalue weighted by atomic mass is 14.2. The highest BCUT2D eigenvalue weighted by molar-refractivity contribution is 4.84. The molecule has 1 atom stereocenters. The smallest absolute Gasteiger partial charge is 0.0323 e. The fourth-order valence-electron chi connectivity index (χ4n) is 2.14. The minimum atomic E-state index is 0.459. The SMILES string of the molecule is CCCC(C)CC[CH]C(C)(C)CCC. The van der Waals surface area contributed by atoms with Gasteiger partial charge in [0.1, 0.15) is 0 Å². The summed E-state index contributed by atoms with van der Waals surface area (Å²) in [5, 5.41) is 0. The molecule has 0 spiro atoms. The van der Waals surface area contributed by atoms with Gasteiger partial charge in [-0.25, -0.2) is 0 Å². The summed E-state index contributed by atoms with van der Waals surface area (Å²) in [6.45, 7) is 11.7. The van der Waals surface area contributed by atoms with Gasteiger partial charge in [-0.3, -0.25) is 0 Å². The van der Waals surface area contributed by atoms with Crippen molar-refractivity contribution in [2.75, 3.05) is 0 Å². The van der Waals surface area contributed by atoms with E-state index in [1.807, 2.05) is 0 Å². The van der Waals surface area contributed by atoms with Crippen molar-refractivity contribution in [1.82, 2.24) is 0 Å². The molecule has 0 aliphatic rings. The molecule has 0 aromatic rings. The summed E-state index contributed by atoms with van der Waals surface area (Å²) in [4.78, 5) is 0. The summed E-state index contributed by atoms with van der Waals surface area (Å²) in [6.07, 6.45) is 10.6. The van der Waals surface area contributed by atoms with E-state index in [2.05, 4.69) is 41.0 Å². The lowest BCUT2D eigenvalue weighted by molar-refractivity contribution is 0.365. The lowest BCUT2D eigenvalue weighted by Crippen LogP contribution is -2.12. The number of rotatable bonds is 8. The average Bonchev–Trinajstić information content (AvgIpc) is 2.03. The van der Waals surface area contributed by atoms with Crippen LogP contribution < -0.4 is 0 Å².